The van der Waals surface area contributed by atoms with Gasteiger partial charge in [0, 0.05) is 7.05 Å². The first-order valence-corrected chi connectivity index (χ1v) is 6.81. The second-order valence-corrected chi connectivity index (χ2v) is 5.66. The first kappa shape index (κ1) is 13.0. The van der Waals surface area contributed by atoms with Crippen molar-refractivity contribution >= 4 is 0 Å². The van der Waals surface area contributed by atoms with Gasteiger partial charge in [-0.05, 0) is 58.4 Å². The highest BCUT2D eigenvalue weighted by molar-refractivity contribution is 5.48. The van der Waals surface area contributed by atoms with Crippen LogP contribution < -0.4 is 5.69 Å². The lowest BCUT2D eigenvalue weighted by Gasteiger charge is -2.13. The molecular weight excluding hydrogens is 259 g/mol. The molecule has 1 aliphatic rings. The quantitative estimate of drug-likeness (QED) is 0.862. The summed E-state index contributed by atoms with van der Waals surface area (Å²) in [4.78, 5) is 12.0. The van der Waals surface area contributed by atoms with E-state index < -0.39 is 0 Å². The Labute approximate surface area is 116 Å². The lowest BCUT2D eigenvalue weighted by atomic mass is 9.97. The molecule has 20 heavy (non-hydrogen) atoms. The number of aromatic nitrogens is 4. The molecule has 1 fully saturated rings. The van der Waals surface area contributed by atoms with E-state index in [9.17, 15) is 9.18 Å². The minimum atomic E-state index is -0.312. The van der Waals surface area contributed by atoms with Crippen molar-refractivity contribution in [1.82, 2.24) is 19.8 Å². The van der Waals surface area contributed by atoms with Crippen LogP contribution in [-0.2, 0) is 7.05 Å². The number of benzene rings is 1. The number of aryl methyl sites for hydroxylation is 1. The molecule has 1 aliphatic carbocycles. The third-order valence-corrected chi connectivity index (χ3v) is 3.73. The van der Waals surface area contributed by atoms with Crippen molar-refractivity contribution < 1.29 is 4.39 Å². The number of nitrogens with zero attached hydrogens (tertiary/aromatic N) is 4. The van der Waals surface area contributed by atoms with E-state index in [-0.39, 0.29) is 17.4 Å². The van der Waals surface area contributed by atoms with Crippen molar-refractivity contribution in [2.24, 2.45) is 7.05 Å². The third-order valence-electron chi connectivity index (χ3n) is 3.73. The summed E-state index contributed by atoms with van der Waals surface area (Å²) in [6.07, 6.45) is 2.06. The second kappa shape index (κ2) is 4.54. The zero-order valence-electron chi connectivity index (χ0n) is 11.8. The second-order valence-electron chi connectivity index (χ2n) is 5.66. The largest absolute Gasteiger partial charge is 0.368 e. The number of hydrogen-bond acceptors (Lipinski definition) is 3. The minimum absolute atomic E-state index is 0.0503. The van der Waals surface area contributed by atoms with Gasteiger partial charge >= 0.3 is 5.69 Å². The standard InChI is InChI=1S/C14H17FN4O/c1-8(2)10-7-13(19-14(20)18(3)16-17-19)11(6-12(10)15)9-4-5-9/h6-9H,4-5H2,1-3H3. The molecule has 1 heterocycles. The van der Waals surface area contributed by atoms with Crippen LogP contribution in [0.15, 0.2) is 16.9 Å². The fraction of sp³-hybridized carbons (Fsp3) is 0.500. The Balaban J connectivity index is 2.24. The summed E-state index contributed by atoms with van der Waals surface area (Å²) in [6, 6.07) is 3.30. The van der Waals surface area contributed by atoms with Crippen LogP contribution in [0, 0.1) is 5.82 Å². The van der Waals surface area contributed by atoms with Gasteiger partial charge in [0.2, 0.25) is 0 Å². The van der Waals surface area contributed by atoms with E-state index in [1.165, 1.54) is 9.36 Å². The van der Waals surface area contributed by atoms with Gasteiger partial charge in [0.1, 0.15) is 5.82 Å². The topological polar surface area (TPSA) is 52.7 Å². The number of rotatable bonds is 3. The summed E-state index contributed by atoms with van der Waals surface area (Å²) >= 11 is 0. The molecule has 0 radical (unpaired) electrons. The van der Waals surface area contributed by atoms with Gasteiger partial charge in [-0.3, -0.25) is 0 Å². The summed E-state index contributed by atoms with van der Waals surface area (Å²) in [5.74, 6) is 0.173. The van der Waals surface area contributed by atoms with E-state index in [2.05, 4.69) is 10.4 Å². The van der Waals surface area contributed by atoms with Crippen molar-refractivity contribution in [2.75, 3.05) is 0 Å². The molecule has 0 amide bonds. The summed E-state index contributed by atoms with van der Waals surface area (Å²) in [5.41, 5.74) is 1.81. The van der Waals surface area contributed by atoms with E-state index in [1.54, 1.807) is 19.2 Å². The van der Waals surface area contributed by atoms with Gasteiger partial charge in [-0.2, -0.15) is 9.36 Å². The monoisotopic (exact) mass is 276 g/mol. The molecule has 6 heteroatoms. The van der Waals surface area contributed by atoms with Crippen LogP contribution in [0.3, 0.4) is 0 Å². The predicted molar refractivity (Wildman–Crippen MR) is 72.6 cm³/mol. The zero-order chi connectivity index (χ0) is 14.4. The summed E-state index contributed by atoms with van der Waals surface area (Å²) < 4.78 is 16.6. The maximum atomic E-state index is 14.2. The van der Waals surface area contributed by atoms with Gasteiger partial charge in [-0.25, -0.2) is 9.18 Å². The fourth-order valence-corrected chi connectivity index (χ4v) is 2.41. The third kappa shape index (κ3) is 2.05. The molecular formula is C14H17FN4O. The van der Waals surface area contributed by atoms with E-state index in [0.717, 1.165) is 18.4 Å². The summed E-state index contributed by atoms with van der Waals surface area (Å²) in [5, 5.41) is 7.61. The van der Waals surface area contributed by atoms with Crippen molar-refractivity contribution in [2.45, 2.75) is 38.5 Å². The van der Waals surface area contributed by atoms with Crippen LogP contribution in [-0.4, -0.2) is 19.8 Å². The molecule has 0 atom stereocenters. The maximum Gasteiger partial charge on any atom is 0.368 e. The first-order chi connectivity index (χ1) is 9.49. The molecule has 106 valence electrons. The Morgan fingerprint density at radius 3 is 2.50 bits per heavy atom. The van der Waals surface area contributed by atoms with Crippen LogP contribution in [0.1, 0.15) is 49.7 Å². The molecule has 1 aromatic heterocycles. The first-order valence-electron chi connectivity index (χ1n) is 6.81. The average Bonchev–Trinajstić information content (AvgIpc) is 3.18. The average molecular weight is 276 g/mol. The minimum Gasteiger partial charge on any atom is -0.244 e. The highest BCUT2D eigenvalue weighted by Gasteiger charge is 2.29. The van der Waals surface area contributed by atoms with Crippen LogP contribution >= 0.6 is 0 Å². The highest BCUT2D eigenvalue weighted by atomic mass is 19.1. The molecule has 0 N–H and O–H groups in total. The van der Waals surface area contributed by atoms with Crippen LogP contribution in [0.5, 0.6) is 0 Å². The highest BCUT2D eigenvalue weighted by Crippen LogP contribution is 2.43. The van der Waals surface area contributed by atoms with Gasteiger partial charge in [0.15, 0.2) is 0 Å². The lowest BCUT2D eigenvalue weighted by Crippen LogP contribution is -2.23. The smallest absolute Gasteiger partial charge is 0.244 e. The van der Waals surface area contributed by atoms with Gasteiger partial charge in [0.05, 0.1) is 5.69 Å². The van der Waals surface area contributed by atoms with Gasteiger partial charge in [-0.15, -0.1) is 0 Å². The van der Waals surface area contributed by atoms with Crippen molar-refractivity contribution in [3.05, 3.63) is 39.6 Å². The Morgan fingerprint density at radius 1 is 1.30 bits per heavy atom. The summed E-state index contributed by atoms with van der Waals surface area (Å²) in [6.45, 7) is 3.86. The number of hydrogen-bond donors (Lipinski definition) is 0. The molecule has 0 spiro atoms. The van der Waals surface area contributed by atoms with Crippen LogP contribution in [0.2, 0.25) is 0 Å². The molecule has 0 aliphatic heterocycles. The molecule has 0 saturated heterocycles. The lowest BCUT2D eigenvalue weighted by molar-refractivity contribution is 0.594. The molecule has 5 nitrogen and oxygen atoms in total. The van der Waals surface area contributed by atoms with E-state index >= 15 is 0 Å². The predicted octanol–water partition coefficient (Wildman–Crippen LogP) is 2.11. The molecule has 3 rings (SSSR count). The number of tetrazole rings is 1. The molecule has 0 unspecified atom stereocenters. The van der Waals surface area contributed by atoms with Crippen LogP contribution in [0.4, 0.5) is 4.39 Å². The molecule has 1 aromatic carbocycles. The summed E-state index contributed by atoms with van der Waals surface area (Å²) in [7, 11) is 1.55. The SMILES string of the molecule is CC(C)c1cc(-n2nnn(C)c2=O)c(C2CC2)cc1F. The number of halogens is 1. The van der Waals surface area contributed by atoms with Crippen LogP contribution in [0.25, 0.3) is 5.69 Å². The van der Waals surface area contributed by atoms with E-state index in [1.807, 2.05) is 13.8 Å². The fourth-order valence-electron chi connectivity index (χ4n) is 2.41. The maximum absolute atomic E-state index is 14.2. The van der Waals surface area contributed by atoms with E-state index in [4.69, 9.17) is 0 Å². The van der Waals surface area contributed by atoms with E-state index in [0.29, 0.717) is 17.2 Å². The molecule has 1 saturated carbocycles. The van der Waals surface area contributed by atoms with Gasteiger partial charge in [0.25, 0.3) is 0 Å². The molecule has 2 aromatic rings. The normalized spacial score (nSPS) is 15.1. The van der Waals surface area contributed by atoms with Gasteiger partial charge in [-0.1, -0.05) is 13.8 Å². The van der Waals surface area contributed by atoms with Crippen molar-refractivity contribution in [3.8, 4) is 5.69 Å². The van der Waals surface area contributed by atoms with Crippen molar-refractivity contribution in [3.63, 3.8) is 0 Å². The van der Waals surface area contributed by atoms with Crippen molar-refractivity contribution in [1.29, 1.82) is 0 Å². The molecule has 0 bridgehead atoms. The Hall–Kier alpha value is -1.98. The zero-order valence-corrected chi connectivity index (χ0v) is 11.8. The Kier molecular flexibility index (Phi) is 2.96. The Morgan fingerprint density at radius 2 is 2.00 bits per heavy atom. The Bertz CT molecular complexity index is 712. The van der Waals surface area contributed by atoms with Gasteiger partial charge < -0.3 is 0 Å².